The Balaban J connectivity index is 1.78. The summed E-state index contributed by atoms with van der Waals surface area (Å²) in [7, 11) is 3.16. The predicted molar refractivity (Wildman–Crippen MR) is 120 cm³/mol. The molecule has 2 heterocycles. The molecular formula is C23H25N5O4. The molecule has 0 aliphatic carbocycles. The molecule has 2 aromatic carbocycles. The lowest BCUT2D eigenvalue weighted by Crippen LogP contribution is -2.31. The molecule has 1 atom stereocenters. The van der Waals surface area contributed by atoms with Gasteiger partial charge in [0.2, 0.25) is 5.95 Å². The molecular weight excluding hydrogens is 410 g/mol. The number of methoxy groups -OCH3 is 2. The Bertz CT molecular complexity index is 1170. The average molecular weight is 435 g/mol. The predicted octanol–water partition coefficient (Wildman–Crippen LogP) is 3.62. The molecule has 32 heavy (non-hydrogen) atoms. The van der Waals surface area contributed by atoms with Crippen LogP contribution in [0.25, 0.3) is 0 Å². The van der Waals surface area contributed by atoms with Gasteiger partial charge in [0.25, 0.3) is 5.91 Å². The number of amides is 1. The van der Waals surface area contributed by atoms with Gasteiger partial charge in [0.15, 0.2) is 11.5 Å². The number of carbonyl (C=O) groups is 1. The summed E-state index contributed by atoms with van der Waals surface area (Å²) >= 11 is 0. The van der Waals surface area contributed by atoms with Gasteiger partial charge in [-0.2, -0.15) is 10.1 Å². The van der Waals surface area contributed by atoms with Crippen molar-refractivity contribution in [3.8, 4) is 17.2 Å². The quantitative estimate of drug-likeness (QED) is 0.585. The van der Waals surface area contributed by atoms with Gasteiger partial charge >= 0.3 is 0 Å². The fourth-order valence-corrected chi connectivity index (χ4v) is 3.76. The Morgan fingerprint density at radius 3 is 2.66 bits per heavy atom. The monoisotopic (exact) mass is 435 g/mol. The van der Waals surface area contributed by atoms with E-state index in [-0.39, 0.29) is 5.91 Å². The average Bonchev–Trinajstić information content (AvgIpc) is 3.26. The highest BCUT2D eigenvalue weighted by Crippen LogP contribution is 2.39. The third-order valence-electron chi connectivity index (χ3n) is 5.20. The van der Waals surface area contributed by atoms with Gasteiger partial charge in [-0.1, -0.05) is 18.2 Å². The summed E-state index contributed by atoms with van der Waals surface area (Å²) in [5.74, 6) is 2.05. The molecule has 0 radical (unpaired) electrons. The first-order valence-electron chi connectivity index (χ1n) is 10.2. The zero-order valence-electron chi connectivity index (χ0n) is 18.4. The van der Waals surface area contributed by atoms with Gasteiger partial charge in [-0.05, 0) is 43.7 Å². The van der Waals surface area contributed by atoms with E-state index in [0.717, 1.165) is 5.56 Å². The number of hydrogen-bond donors (Lipinski definition) is 2. The van der Waals surface area contributed by atoms with Gasteiger partial charge in [-0.15, -0.1) is 0 Å². The summed E-state index contributed by atoms with van der Waals surface area (Å²) < 4.78 is 18.2. The van der Waals surface area contributed by atoms with E-state index in [1.807, 2.05) is 44.2 Å². The molecule has 1 aromatic heterocycles. The summed E-state index contributed by atoms with van der Waals surface area (Å²) in [5, 5.41) is 10.5. The molecule has 0 bridgehead atoms. The normalized spacial score (nSPS) is 14.9. The Morgan fingerprint density at radius 1 is 1.12 bits per heavy atom. The van der Waals surface area contributed by atoms with E-state index in [4.69, 9.17) is 14.2 Å². The summed E-state index contributed by atoms with van der Waals surface area (Å²) in [4.78, 5) is 17.8. The summed E-state index contributed by atoms with van der Waals surface area (Å²) in [6.07, 6.45) is 1.46. The largest absolute Gasteiger partial charge is 0.495 e. The molecule has 0 saturated heterocycles. The topological polar surface area (TPSA) is 99.5 Å². The van der Waals surface area contributed by atoms with Crippen molar-refractivity contribution in [3.63, 3.8) is 0 Å². The summed E-state index contributed by atoms with van der Waals surface area (Å²) in [6.45, 7) is 4.23. The molecule has 166 valence electrons. The zero-order chi connectivity index (χ0) is 22.7. The Kier molecular flexibility index (Phi) is 5.98. The van der Waals surface area contributed by atoms with Gasteiger partial charge in [-0.3, -0.25) is 4.79 Å². The third-order valence-corrected chi connectivity index (χ3v) is 5.20. The Morgan fingerprint density at radius 2 is 1.91 bits per heavy atom. The van der Waals surface area contributed by atoms with Crippen molar-refractivity contribution in [1.82, 2.24) is 14.8 Å². The molecule has 2 N–H and O–H groups in total. The van der Waals surface area contributed by atoms with E-state index in [0.29, 0.717) is 46.8 Å². The van der Waals surface area contributed by atoms with Crippen LogP contribution < -0.4 is 24.8 Å². The van der Waals surface area contributed by atoms with Crippen LogP contribution >= 0.6 is 0 Å². The standard InChI is InChI=1S/C23H25N5O4/c1-5-32-19-12-15(10-11-18(19)31-4)21-20(14(2)26-23-24-13-25-28(21)23)22(29)27-16-8-6-7-9-17(16)30-3/h6-13,21H,5H2,1-4H3,(H,27,29)(H,24,25,26)/t21-/m0/s1. The number of nitrogens with one attached hydrogen (secondary N) is 2. The number of allylic oxidation sites excluding steroid dienone is 1. The highest BCUT2D eigenvalue weighted by molar-refractivity contribution is 6.06. The SMILES string of the molecule is CCOc1cc([C@H]2C(C(=O)Nc3ccccc3OC)=C(C)Nc3ncnn32)ccc1OC. The minimum atomic E-state index is -0.520. The zero-order valence-corrected chi connectivity index (χ0v) is 18.4. The smallest absolute Gasteiger partial charge is 0.255 e. The molecule has 0 spiro atoms. The summed E-state index contributed by atoms with van der Waals surface area (Å²) in [5.41, 5.74) is 2.57. The van der Waals surface area contributed by atoms with Crippen LogP contribution in [0.1, 0.15) is 25.5 Å². The van der Waals surface area contributed by atoms with Crippen LogP contribution in [0.2, 0.25) is 0 Å². The lowest BCUT2D eigenvalue weighted by Gasteiger charge is -2.29. The van der Waals surface area contributed by atoms with E-state index in [1.165, 1.54) is 6.33 Å². The van der Waals surface area contributed by atoms with E-state index >= 15 is 0 Å². The molecule has 3 aromatic rings. The highest BCUT2D eigenvalue weighted by Gasteiger charge is 2.34. The number of aromatic nitrogens is 3. The van der Waals surface area contributed by atoms with E-state index in [1.54, 1.807) is 31.0 Å². The molecule has 4 rings (SSSR count). The maximum atomic E-state index is 13.5. The number of benzene rings is 2. The van der Waals surface area contributed by atoms with Crippen molar-refractivity contribution < 1.29 is 19.0 Å². The van der Waals surface area contributed by atoms with Gasteiger partial charge in [-0.25, -0.2) is 4.68 Å². The van der Waals surface area contributed by atoms with Gasteiger partial charge < -0.3 is 24.8 Å². The second-order valence-corrected chi connectivity index (χ2v) is 7.09. The summed E-state index contributed by atoms with van der Waals surface area (Å²) in [6, 6.07) is 12.3. The highest BCUT2D eigenvalue weighted by atomic mass is 16.5. The van der Waals surface area contributed by atoms with Crippen LogP contribution in [-0.4, -0.2) is 41.5 Å². The van der Waals surface area contributed by atoms with Crippen molar-refractivity contribution in [2.75, 3.05) is 31.5 Å². The second kappa shape index (κ2) is 9.01. The third kappa shape index (κ3) is 3.84. The van der Waals surface area contributed by atoms with Crippen molar-refractivity contribution in [1.29, 1.82) is 0 Å². The van der Waals surface area contributed by atoms with Gasteiger partial charge in [0.05, 0.1) is 32.1 Å². The molecule has 0 unspecified atom stereocenters. The number of para-hydroxylation sites is 2. The fraction of sp³-hybridized carbons (Fsp3) is 0.261. The van der Waals surface area contributed by atoms with Crippen LogP contribution in [0.4, 0.5) is 11.6 Å². The molecule has 1 aliphatic rings. The minimum Gasteiger partial charge on any atom is -0.495 e. The van der Waals surface area contributed by atoms with Crippen molar-refractivity contribution in [2.45, 2.75) is 19.9 Å². The molecule has 1 aliphatic heterocycles. The first kappa shape index (κ1) is 21.2. The second-order valence-electron chi connectivity index (χ2n) is 7.09. The van der Waals surface area contributed by atoms with Gasteiger partial charge in [0.1, 0.15) is 18.1 Å². The van der Waals surface area contributed by atoms with E-state index < -0.39 is 6.04 Å². The number of anilines is 2. The molecule has 1 amide bonds. The van der Waals surface area contributed by atoms with Crippen LogP contribution in [-0.2, 0) is 4.79 Å². The van der Waals surface area contributed by atoms with E-state index in [2.05, 4.69) is 20.7 Å². The Hall–Kier alpha value is -4.01. The number of rotatable bonds is 7. The fourth-order valence-electron chi connectivity index (χ4n) is 3.76. The molecule has 0 saturated carbocycles. The molecule has 9 nitrogen and oxygen atoms in total. The molecule has 0 fully saturated rings. The van der Waals surface area contributed by atoms with Gasteiger partial charge in [0, 0.05) is 5.70 Å². The number of hydrogen-bond acceptors (Lipinski definition) is 7. The minimum absolute atomic E-state index is 0.278. The van der Waals surface area contributed by atoms with Crippen molar-refractivity contribution in [2.24, 2.45) is 0 Å². The van der Waals surface area contributed by atoms with Crippen molar-refractivity contribution >= 4 is 17.5 Å². The van der Waals surface area contributed by atoms with E-state index in [9.17, 15) is 4.79 Å². The first-order chi connectivity index (χ1) is 15.6. The number of fused-ring (bicyclic) bond motifs is 1. The van der Waals surface area contributed by atoms with Crippen LogP contribution in [0, 0.1) is 0 Å². The molecule has 9 heteroatoms. The first-order valence-corrected chi connectivity index (χ1v) is 10.2. The Labute approximate surface area is 186 Å². The maximum absolute atomic E-state index is 13.5. The number of nitrogens with zero attached hydrogens (tertiary/aromatic N) is 3. The maximum Gasteiger partial charge on any atom is 0.255 e. The van der Waals surface area contributed by atoms with Crippen LogP contribution in [0.3, 0.4) is 0 Å². The number of carbonyl (C=O) groups excluding carboxylic acids is 1. The number of ether oxygens (including phenoxy) is 3. The lowest BCUT2D eigenvalue weighted by atomic mass is 9.94. The van der Waals surface area contributed by atoms with Crippen molar-refractivity contribution in [3.05, 3.63) is 65.6 Å². The lowest BCUT2D eigenvalue weighted by molar-refractivity contribution is -0.113. The van der Waals surface area contributed by atoms with Crippen LogP contribution in [0.5, 0.6) is 17.2 Å². The van der Waals surface area contributed by atoms with Crippen LogP contribution in [0.15, 0.2) is 60.1 Å².